The maximum Gasteiger partial charge on any atom is 0.205 e. The van der Waals surface area contributed by atoms with Gasteiger partial charge in [0.15, 0.2) is 0 Å². The minimum atomic E-state index is 0.687. The zero-order valence-corrected chi connectivity index (χ0v) is 9.57. The minimum Gasteiger partial charge on any atom is -0.356 e. The quantitative estimate of drug-likeness (QED) is 0.879. The lowest BCUT2D eigenvalue weighted by Gasteiger charge is -2.00. The first kappa shape index (κ1) is 9.72. The van der Waals surface area contributed by atoms with Crippen molar-refractivity contribution < 1.29 is 0 Å². The molecule has 0 bridgehead atoms. The molecule has 2 aromatic heterocycles. The van der Waals surface area contributed by atoms with Gasteiger partial charge in [-0.25, -0.2) is 0 Å². The number of nitrogens with one attached hydrogen (secondary N) is 1. The van der Waals surface area contributed by atoms with E-state index in [0.717, 1.165) is 17.2 Å². The molecule has 1 aliphatic rings. The van der Waals surface area contributed by atoms with Crippen LogP contribution in [0.4, 0.5) is 5.13 Å². The van der Waals surface area contributed by atoms with Gasteiger partial charge in [0.1, 0.15) is 5.01 Å². The Morgan fingerprint density at radius 2 is 2.31 bits per heavy atom. The Balaban J connectivity index is 1.61. The van der Waals surface area contributed by atoms with Crippen molar-refractivity contribution in [3.63, 3.8) is 0 Å². The first-order valence-electron chi connectivity index (χ1n) is 5.38. The Bertz CT molecular complexity index is 464. The number of anilines is 1. The molecule has 0 amide bonds. The van der Waals surface area contributed by atoms with Gasteiger partial charge in [-0.1, -0.05) is 17.4 Å². The molecule has 3 rings (SSSR count). The number of pyridine rings is 1. The molecule has 2 aromatic rings. The fourth-order valence-corrected chi connectivity index (χ4v) is 2.39. The predicted molar refractivity (Wildman–Crippen MR) is 63.4 cm³/mol. The molecule has 0 spiro atoms. The van der Waals surface area contributed by atoms with E-state index in [-0.39, 0.29) is 0 Å². The second kappa shape index (κ2) is 4.17. The van der Waals surface area contributed by atoms with E-state index in [1.54, 1.807) is 17.5 Å². The van der Waals surface area contributed by atoms with Gasteiger partial charge in [0.05, 0.1) is 0 Å². The van der Waals surface area contributed by atoms with E-state index >= 15 is 0 Å². The lowest BCUT2D eigenvalue weighted by atomic mass is 10.3. The molecule has 0 aromatic carbocycles. The first-order chi connectivity index (χ1) is 7.92. The van der Waals surface area contributed by atoms with Crippen LogP contribution in [0, 0.1) is 0 Å². The van der Waals surface area contributed by atoms with Crippen LogP contribution in [0.15, 0.2) is 24.5 Å². The molecule has 0 saturated heterocycles. The fourth-order valence-electron chi connectivity index (χ4n) is 1.48. The third-order valence-corrected chi connectivity index (χ3v) is 3.58. The molecule has 0 radical (unpaired) electrons. The van der Waals surface area contributed by atoms with Crippen LogP contribution in [0.25, 0.3) is 0 Å². The van der Waals surface area contributed by atoms with Crippen LogP contribution in [0.5, 0.6) is 0 Å². The number of hydrogen-bond donors (Lipinski definition) is 1. The Morgan fingerprint density at radius 1 is 1.38 bits per heavy atom. The van der Waals surface area contributed by atoms with Crippen LogP contribution >= 0.6 is 11.3 Å². The molecule has 1 N–H and O–H groups in total. The standard InChI is InChI=1S/C11H12N4S/c1-2-8(6-12-5-1)7-13-11-15-14-10(16-11)9-3-4-9/h1-2,5-6,9H,3-4,7H2,(H,13,15). The summed E-state index contributed by atoms with van der Waals surface area (Å²) in [4.78, 5) is 4.07. The highest BCUT2D eigenvalue weighted by Crippen LogP contribution is 2.42. The van der Waals surface area contributed by atoms with E-state index in [0.29, 0.717) is 5.92 Å². The SMILES string of the molecule is c1cncc(CNc2nnc(C3CC3)s2)c1. The molecule has 82 valence electrons. The first-order valence-corrected chi connectivity index (χ1v) is 6.19. The number of hydrogen-bond acceptors (Lipinski definition) is 5. The Morgan fingerprint density at radius 3 is 3.06 bits per heavy atom. The summed E-state index contributed by atoms with van der Waals surface area (Å²) in [6.07, 6.45) is 6.18. The predicted octanol–water partition coefficient (Wildman–Crippen LogP) is 2.42. The lowest BCUT2D eigenvalue weighted by molar-refractivity contribution is 0.967. The maximum atomic E-state index is 4.18. The van der Waals surface area contributed by atoms with Crippen molar-refractivity contribution in [2.24, 2.45) is 0 Å². The van der Waals surface area contributed by atoms with Crippen molar-refractivity contribution >= 4 is 16.5 Å². The molecule has 0 unspecified atom stereocenters. The van der Waals surface area contributed by atoms with Crippen LogP contribution in [0.3, 0.4) is 0 Å². The van der Waals surface area contributed by atoms with E-state index in [1.165, 1.54) is 17.8 Å². The van der Waals surface area contributed by atoms with Crippen molar-refractivity contribution in [2.45, 2.75) is 25.3 Å². The van der Waals surface area contributed by atoms with E-state index in [2.05, 4.69) is 20.5 Å². The van der Waals surface area contributed by atoms with E-state index in [9.17, 15) is 0 Å². The molecule has 5 heteroatoms. The molecule has 2 heterocycles. The van der Waals surface area contributed by atoms with Gasteiger partial charge in [0.2, 0.25) is 5.13 Å². The molecule has 1 aliphatic carbocycles. The average Bonchev–Trinajstić information content (AvgIpc) is 3.08. The zero-order chi connectivity index (χ0) is 10.8. The zero-order valence-electron chi connectivity index (χ0n) is 8.76. The van der Waals surface area contributed by atoms with Gasteiger partial charge >= 0.3 is 0 Å². The van der Waals surface area contributed by atoms with E-state index in [1.807, 2.05) is 18.3 Å². The van der Waals surface area contributed by atoms with Crippen molar-refractivity contribution in [3.8, 4) is 0 Å². The Labute approximate surface area is 97.8 Å². The van der Waals surface area contributed by atoms with Gasteiger partial charge in [-0.2, -0.15) is 0 Å². The fraction of sp³-hybridized carbons (Fsp3) is 0.364. The van der Waals surface area contributed by atoms with E-state index in [4.69, 9.17) is 0 Å². The average molecular weight is 232 g/mol. The van der Waals surface area contributed by atoms with Crippen LogP contribution in [-0.2, 0) is 6.54 Å². The van der Waals surface area contributed by atoms with Crippen molar-refractivity contribution in [1.29, 1.82) is 0 Å². The minimum absolute atomic E-state index is 0.687. The molecule has 1 saturated carbocycles. The van der Waals surface area contributed by atoms with Gasteiger partial charge in [0.25, 0.3) is 0 Å². The summed E-state index contributed by atoms with van der Waals surface area (Å²) in [5.41, 5.74) is 1.16. The summed E-state index contributed by atoms with van der Waals surface area (Å²) in [6.45, 7) is 0.757. The summed E-state index contributed by atoms with van der Waals surface area (Å²) >= 11 is 1.67. The third kappa shape index (κ3) is 2.19. The van der Waals surface area contributed by atoms with Crippen molar-refractivity contribution in [2.75, 3.05) is 5.32 Å². The highest BCUT2D eigenvalue weighted by molar-refractivity contribution is 7.15. The number of nitrogens with zero attached hydrogens (tertiary/aromatic N) is 3. The smallest absolute Gasteiger partial charge is 0.205 e. The summed E-state index contributed by atoms with van der Waals surface area (Å²) in [5.74, 6) is 0.687. The molecule has 0 aliphatic heterocycles. The highest BCUT2D eigenvalue weighted by Gasteiger charge is 2.27. The summed E-state index contributed by atoms with van der Waals surface area (Å²) in [6, 6.07) is 3.98. The third-order valence-electron chi connectivity index (χ3n) is 2.53. The van der Waals surface area contributed by atoms with Gasteiger partial charge in [-0.3, -0.25) is 4.98 Å². The summed E-state index contributed by atoms with van der Waals surface area (Å²) in [7, 11) is 0. The van der Waals surface area contributed by atoms with Gasteiger partial charge in [0, 0.05) is 24.9 Å². The normalized spacial score (nSPS) is 15.0. The van der Waals surface area contributed by atoms with Crippen molar-refractivity contribution in [1.82, 2.24) is 15.2 Å². The topological polar surface area (TPSA) is 50.7 Å². The highest BCUT2D eigenvalue weighted by atomic mass is 32.1. The molecular formula is C11H12N4S. The van der Waals surface area contributed by atoms with Gasteiger partial charge in [-0.15, -0.1) is 10.2 Å². The number of rotatable bonds is 4. The molecule has 16 heavy (non-hydrogen) atoms. The van der Waals surface area contributed by atoms with Gasteiger partial charge < -0.3 is 5.32 Å². The van der Waals surface area contributed by atoms with Crippen molar-refractivity contribution in [3.05, 3.63) is 35.1 Å². The largest absolute Gasteiger partial charge is 0.356 e. The molecule has 1 fully saturated rings. The van der Waals surface area contributed by atoms with Crippen LogP contribution in [0.2, 0.25) is 0 Å². The van der Waals surface area contributed by atoms with Crippen LogP contribution in [0.1, 0.15) is 29.3 Å². The molecule has 4 nitrogen and oxygen atoms in total. The van der Waals surface area contributed by atoms with Gasteiger partial charge in [-0.05, 0) is 24.5 Å². The number of aromatic nitrogens is 3. The maximum absolute atomic E-state index is 4.18. The van der Waals surface area contributed by atoms with Crippen LogP contribution < -0.4 is 5.32 Å². The lowest BCUT2D eigenvalue weighted by Crippen LogP contribution is -1.98. The summed E-state index contributed by atoms with van der Waals surface area (Å²) in [5, 5.41) is 13.7. The second-order valence-corrected chi connectivity index (χ2v) is 4.94. The van der Waals surface area contributed by atoms with Crippen LogP contribution in [-0.4, -0.2) is 15.2 Å². The Kier molecular flexibility index (Phi) is 2.53. The Hall–Kier alpha value is -1.49. The second-order valence-electron chi connectivity index (χ2n) is 3.93. The monoisotopic (exact) mass is 232 g/mol. The summed E-state index contributed by atoms with van der Waals surface area (Å²) < 4.78 is 0. The molecular weight excluding hydrogens is 220 g/mol. The molecule has 0 atom stereocenters. The van der Waals surface area contributed by atoms with E-state index < -0.39 is 0 Å².